The van der Waals surface area contributed by atoms with Crippen LogP contribution in [0, 0.1) is 0 Å². The molecular weight excluding hydrogens is 274 g/mol. The van der Waals surface area contributed by atoms with Crippen molar-refractivity contribution in [1.29, 1.82) is 0 Å². The number of rotatable bonds is 1. The van der Waals surface area contributed by atoms with Crippen molar-refractivity contribution in [1.82, 2.24) is 5.32 Å². The Morgan fingerprint density at radius 2 is 1.75 bits per heavy atom. The number of aliphatic imine (C=N–C) groups is 1. The van der Waals surface area contributed by atoms with E-state index in [1.54, 1.807) is 0 Å². The Bertz CT molecular complexity index is 461. The number of amides is 2. The number of carbonyl (C=O) groups excluding carboxylic acids is 1. The topological polar surface area (TPSA) is 93.5 Å². The summed E-state index contributed by atoms with van der Waals surface area (Å²) in [7, 11) is 0. The molecule has 5 nitrogen and oxygen atoms in total. The van der Waals surface area contributed by atoms with Crippen LogP contribution in [0.4, 0.5) is 10.5 Å². The van der Waals surface area contributed by atoms with Crippen molar-refractivity contribution >= 4 is 52.5 Å². The lowest BCUT2D eigenvalue weighted by Crippen LogP contribution is -2.39. The summed E-state index contributed by atoms with van der Waals surface area (Å²) in [6.45, 7) is 0. The zero-order chi connectivity index (χ0) is 12.3. The molecule has 5 N–H and O–H groups in total. The first kappa shape index (κ1) is 12.9. The first-order chi connectivity index (χ1) is 7.41. The van der Waals surface area contributed by atoms with Gasteiger partial charge in [0.25, 0.3) is 0 Å². The second-order valence-corrected chi connectivity index (χ2v) is 3.87. The molecule has 0 unspecified atom stereocenters. The third kappa shape index (κ3) is 3.16. The standard InChI is InChI=1S/C8H7Cl3N4O/c9-3-1-2-4(10)6(5(3)11)14-7(12)15-8(13)16/h1-2H,(H5,12,13,14,15,16). The van der Waals surface area contributed by atoms with Crippen LogP contribution in [-0.2, 0) is 0 Å². The predicted octanol–water partition coefficient (Wildman–Crippen LogP) is 2.26. The molecule has 1 aromatic rings. The number of hydrogen-bond donors (Lipinski definition) is 3. The quantitative estimate of drug-likeness (QED) is 0.418. The summed E-state index contributed by atoms with van der Waals surface area (Å²) in [4.78, 5) is 14.3. The van der Waals surface area contributed by atoms with Crippen molar-refractivity contribution in [3.63, 3.8) is 0 Å². The number of nitrogens with one attached hydrogen (secondary N) is 1. The zero-order valence-electron chi connectivity index (χ0n) is 7.80. The highest BCUT2D eigenvalue weighted by Crippen LogP contribution is 2.37. The molecule has 1 rings (SSSR count). The van der Waals surface area contributed by atoms with Crippen molar-refractivity contribution < 1.29 is 4.79 Å². The summed E-state index contributed by atoms with van der Waals surface area (Å²) in [5, 5.41) is 2.74. The molecule has 0 radical (unpaired) electrons. The minimum atomic E-state index is -0.837. The van der Waals surface area contributed by atoms with Gasteiger partial charge in [0, 0.05) is 0 Å². The molecule has 8 heteroatoms. The molecule has 0 heterocycles. The van der Waals surface area contributed by atoms with Gasteiger partial charge in [-0.1, -0.05) is 34.8 Å². The second kappa shape index (κ2) is 5.25. The number of primary amides is 1. The summed E-state index contributed by atoms with van der Waals surface area (Å²) < 4.78 is 0. The second-order valence-electron chi connectivity index (χ2n) is 2.68. The summed E-state index contributed by atoms with van der Waals surface area (Å²) in [5.74, 6) is -0.224. The van der Waals surface area contributed by atoms with E-state index >= 15 is 0 Å². The van der Waals surface area contributed by atoms with Gasteiger partial charge in [0.05, 0.1) is 15.1 Å². The van der Waals surface area contributed by atoms with Gasteiger partial charge in [-0.25, -0.2) is 9.79 Å². The van der Waals surface area contributed by atoms with E-state index < -0.39 is 6.03 Å². The van der Waals surface area contributed by atoms with E-state index in [0.29, 0.717) is 0 Å². The largest absolute Gasteiger partial charge is 0.369 e. The zero-order valence-corrected chi connectivity index (χ0v) is 10.1. The normalized spacial score (nSPS) is 11.3. The van der Waals surface area contributed by atoms with Crippen molar-refractivity contribution in [2.75, 3.05) is 0 Å². The van der Waals surface area contributed by atoms with Crippen molar-refractivity contribution in [3.05, 3.63) is 27.2 Å². The van der Waals surface area contributed by atoms with Crippen LogP contribution in [-0.4, -0.2) is 12.0 Å². The van der Waals surface area contributed by atoms with Crippen LogP contribution in [0.1, 0.15) is 0 Å². The van der Waals surface area contributed by atoms with Gasteiger partial charge in [0.15, 0.2) is 0 Å². The lowest BCUT2D eigenvalue weighted by molar-refractivity contribution is 0.253. The van der Waals surface area contributed by atoms with Crippen LogP contribution >= 0.6 is 34.8 Å². The number of halogens is 3. The van der Waals surface area contributed by atoms with E-state index in [2.05, 4.69) is 10.3 Å². The van der Waals surface area contributed by atoms with Gasteiger partial charge in [-0.2, -0.15) is 0 Å². The Morgan fingerprint density at radius 3 is 2.31 bits per heavy atom. The van der Waals surface area contributed by atoms with Gasteiger partial charge in [0.1, 0.15) is 5.69 Å². The van der Waals surface area contributed by atoms with Gasteiger partial charge >= 0.3 is 6.03 Å². The van der Waals surface area contributed by atoms with Gasteiger partial charge < -0.3 is 11.5 Å². The molecule has 0 bridgehead atoms. The molecule has 0 aromatic heterocycles. The van der Waals surface area contributed by atoms with E-state index in [9.17, 15) is 4.79 Å². The Kier molecular flexibility index (Phi) is 4.23. The average molecular weight is 282 g/mol. The maximum absolute atomic E-state index is 10.5. The Hall–Kier alpha value is -1.17. The van der Waals surface area contributed by atoms with E-state index in [0.717, 1.165) is 0 Å². The predicted molar refractivity (Wildman–Crippen MR) is 65.5 cm³/mol. The van der Waals surface area contributed by atoms with Crippen LogP contribution in [0.3, 0.4) is 0 Å². The monoisotopic (exact) mass is 280 g/mol. The molecule has 0 fully saturated rings. The fourth-order valence-electron chi connectivity index (χ4n) is 0.893. The molecule has 0 aliphatic carbocycles. The minimum absolute atomic E-state index is 0.142. The molecule has 2 amide bonds. The highest BCUT2D eigenvalue weighted by molar-refractivity contribution is 6.45. The number of nitrogens with zero attached hydrogens (tertiary/aromatic N) is 1. The number of carbonyl (C=O) groups is 1. The van der Waals surface area contributed by atoms with Crippen molar-refractivity contribution in [2.24, 2.45) is 16.5 Å². The van der Waals surface area contributed by atoms with Crippen LogP contribution in [0.2, 0.25) is 15.1 Å². The smallest absolute Gasteiger partial charge is 0.318 e. The van der Waals surface area contributed by atoms with Gasteiger partial charge in [-0.3, -0.25) is 5.32 Å². The van der Waals surface area contributed by atoms with Gasteiger partial charge in [-0.15, -0.1) is 0 Å². The fraction of sp³-hybridized carbons (Fsp3) is 0. The molecule has 0 aliphatic heterocycles. The lowest BCUT2D eigenvalue weighted by Gasteiger charge is -2.05. The van der Waals surface area contributed by atoms with Crippen molar-refractivity contribution in [2.45, 2.75) is 0 Å². The van der Waals surface area contributed by atoms with E-state index in [1.807, 2.05) is 0 Å². The molecule has 16 heavy (non-hydrogen) atoms. The average Bonchev–Trinajstić information content (AvgIpc) is 2.17. The lowest BCUT2D eigenvalue weighted by atomic mass is 10.3. The number of hydrogen-bond acceptors (Lipinski definition) is 2. The third-order valence-electron chi connectivity index (χ3n) is 1.50. The Morgan fingerprint density at radius 1 is 1.19 bits per heavy atom. The molecule has 0 spiro atoms. The summed E-state index contributed by atoms with van der Waals surface area (Å²) >= 11 is 17.5. The van der Waals surface area contributed by atoms with Gasteiger partial charge in [0.2, 0.25) is 5.96 Å². The van der Waals surface area contributed by atoms with Crippen LogP contribution in [0.15, 0.2) is 17.1 Å². The number of guanidine groups is 1. The molecule has 86 valence electrons. The maximum atomic E-state index is 10.5. The number of benzene rings is 1. The Labute approximate surface area is 106 Å². The SMILES string of the molecule is NC(=O)NC(N)=Nc1c(Cl)ccc(Cl)c1Cl. The first-order valence-electron chi connectivity index (χ1n) is 3.96. The molecular formula is C8H7Cl3N4O. The van der Waals surface area contributed by atoms with E-state index in [4.69, 9.17) is 46.3 Å². The number of urea groups is 1. The highest BCUT2D eigenvalue weighted by Gasteiger charge is 2.09. The summed E-state index contributed by atoms with van der Waals surface area (Å²) in [5.41, 5.74) is 10.4. The maximum Gasteiger partial charge on any atom is 0.318 e. The van der Waals surface area contributed by atoms with E-state index in [-0.39, 0.29) is 26.7 Å². The Balaban J connectivity index is 3.14. The summed E-state index contributed by atoms with van der Waals surface area (Å²) in [6.07, 6.45) is 0. The first-order valence-corrected chi connectivity index (χ1v) is 5.09. The van der Waals surface area contributed by atoms with Crippen LogP contribution in [0.25, 0.3) is 0 Å². The highest BCUT2D eigenvalue weighted by atomic mass is 35.5. The molecule has 0 saturated carbocycles. The molecule has 0 atom stereocenters. The van der Waals surface area contributed by atoms with Gasteiger partial charge in [-0.05, 0) is 12.1 Å². The fourth-order valence-corrected chi connectivity index (χ4v) is 1.50. The molecule has 0 aliphatic rings. The minimum Gasteiger partial charge on any atom is -0.369 e. The van der Waals surface area contributed by atoms with Crippen LogP contribution in [0.5, 0.6) is 0 Å². The van der Waals surface area contributed by atoms with E-state index in [1.165, 1.54) is 12.1 Å². The number of nitrogens with two attached hydrogens (primary N) is 2. The summed E-state index contributed by atoms with van der Waals surface area (Å²) in [6, 6.07) is 2.19. The van der Waals surface area contributed by atoms with Crippen LogP contribution < -0.4 is 16.8 Å². The van der Waals surface area contributed by atoms with Crippen molar-refractivity contribution in [3.8, 4) is 0 Å². The molecule has 0 saturated heterocycles. The third-order valence-corrected chi connectivity index (χ3v) is 2.60. The molecule has 1 aromatic carbocycles.